The van der Waals surface area contributed by atoms with Crippen molar-refractivity contribution < 1.29 is 4.79 Å². The predicted molar refractivity (Wildman–Crippen MR) is 139 cm³/mol. The number of para-hydroxylation sites is 1. The SMILES string of the molecule is Cc1ccc(Cn2c(=O)c(N3CCC[C@H](C(=O)Nc4ccccc4Cl)C3)nc3cccnc32)cc1. The molecule has 0 radical (unpaired) electrons. The molecule has 0 aliphatic carbocycles. The maximum absolute atomic E-state index is 13.7. The molecule has 5 rings (SSSR count). The number of carbonyl (C=O) groups is 1. The molecule has 2 aromatic carbocycles. The number of hydrogen-bond acceptors (Lipinski definition) is 5. The van der Waals surface area contributed by atoms with Gasteiger partial charge in [-0.25, -0.2) is 9.97 Å². The number of pyridine rings is 1. The van der Waals surface area contributed by atoms with E-state index < -0.39 is 0 Å². The standard InChI is InChI=1S/C27H26ClN5O2/c1-18-10-12-19(13-11-18)16-33-24-23(9-4-14-29-24)30-25(27(33)35)32-15-5-6-20(17-32)26(34)31-22-8-3-2-7-21(22)28/h2-4,7-14,20H,5-6,15-17H2,1H3,(H,31,34)/t20-/m0/s1. The summed E-state index contributed by atoms with van der Waals surface area (Å²) in [5.41, 5.74) is 3.76. The zero-order valence-corrected chi connectivity index (χ0v) is 20.2. The Morgan fingerprint density at radius 2 is 1.91 bits per heavy atom. The third-order valence-corrected chi connectivity index (χ3v) is 6.70. The van der Waals surface area contributed by atoms with Crippen LogP contribution in [0.3, 0.4) is 0 Å². The lowest BCUT2D eigenvalue weighted by molar-refractivity contribution is -0.120. The van der Waals surface area contributed by atoms with Crippen molar-refractivity contribution in [3.8, 4) is 0 Å². The van der Waals surface area contributed by atoms with Gasteiger partial charge in [-0.1, -0.05) is 53.6 Å². The summed E-state index contributed by atoms with van der Waals surface area (Å²) >= 11 is 6.22. The minimum absolute atomic E-state index is 0.106. The molecule has 1 fully saturated rings. The summed E-state index contributed by atoms with van der Waals surface area (Å²) in [6, 6.07) is 19.0. The average Bonchev–Trinajstić information content (AvgIpc) is 2.88. The van der Waals surface area contributed by atoms with Crippen LogP contribution in [0.2, 0.25) is 5.02 Å². The molecular formula is C27H26ClN5O2. The number of hydrogen-bond donors (Lipinski definition) is 1. The monoisotopic (exact) mass is 487 g/mol. The number of piperidine rings is 1. The van der Waals surface area contributed by atoms with Crippen molar-refractivity contribution in [2.75, 3.05) is 23.3 Å². The number of rotatable bonds is 5. The number of amides is 1. The van der Waals surface area contributed by atoms with Gasteiger partial charge in [0.2, 0.25) is 5.91 Å². The number of carbonyl (C=O) groups excluding carboxylic acids is 1. The van der Waals surface area contributed by atoms with Gasteiger partial charge in [-0.05, 0) is 49.6 Å². The molecule has 3 heterocycles. The van der Waals surface area contributed by atoms with Crippen LogP contribution in [0.4, 0.5) is 11.5 Å². The van der Waals surface area contributed by atoms with Gasteiger partial charge in [-0.15, -0.1) is 0 Å². The normalized spacial score (nSPS) is 15.8. The van der Waals surface area contributed by atoms with Crippen molar-refractivity contribution in [2.24, 2.45) is 5.92 Å². The van der Waals surface area contributed by atoms with Gasteiger partial charge in [0.15, 0.2) is 11.5 Å². The average molecular weight is 488 g/mol. The number of fused-ring (bicyclic) bond motifs is 1. The van der Waals surface area contributed by atoms with Crippen LogP contribution in [0.15, 0.2) is 71.7 Å². The van der Waals surface area contributed by atoms with Gasteiger partial charge in [0.25, 0.3) is 5.56 Å². The van der Waals surface area contributed by atoms with E-state index in [9.17, 15) is 9.59 Å². The second kappa shape index (κ2) is 9.88. The van der Waals surface area contributed by atoms with Crippen LogP contribution < -0.4 is 15.8 Å². The summed E-state index contributed by atoms with van der Waals surface area (Å²) in [4.78, 5) is 37.7. The molecule has 0 saturated carbocycles. The van der Waals surface area contributed by atoms with E-state index in [-0.39, 0.29) is 17.4 Å². The molecule has 1 aliphatic rings. The van der Waals surface area contributed by atoms with Crippen molar-refractivity contribution in [1.82, 2.24) is 14.5 Å². The zero-order valence-electron chi connectivity index (χ0n) is 19.4. The van der Waals surface area contributed by atoms with Crippen LogP contribution in [0.5, 0.6) is 0 Å². The van der Waals surface area contributed by atoms with Crippen molar-refractivity contribution in [1.29, 1.82) is 0 Å². The number of anilines is 2. The molecule has 1 N–H and O–H groups in total. The molecule has 1 amide bonds. The summed E-state index contributed by atoms with van der Waals surface area (Å²) in [5, 5.41) is 3.43. The van der Waals surface area contributed by atoms with Crippen LogP contribution >= 0.6 is 11.6 Å². The van der Waals surface area contributed by atoms with Gasteiger partial charge < -0.3 is 10.2 Å². The number of aryl methyl sites for hydroxylation is 1. The summed E-state index contributed by atoms with van der Waals surface area (Å²) in [6.07, 6.45) is 3.19. The Bertz CT molecular complexity index is 1430. The third-order valence-electron chi connectivity index (χ3n) is 6.37. The molecule has 4 aromatic rings. The summed E-state index contributed by atoms with van der Waals surface area (Å²) in [6.45, 7) is 3.50. The van der Waals surface area contributed by atoms with E-state index in [0.29, 0.717) is 47.3 Å². The van der Waals surface area contributed by atoms with Crippen LogP contribution in [0.1, 0.15) is 24.0 Å². The lowest BCUT2D eigenvalue weighted by Gasteiger charge is -2.32. The van der Waals surface area contributed by atoms with E-state index in [1.54, 1.807) is 22.9 Å². The van der Waals surface area contributed by atoms with Gasteiger partial charge in [0, 0.05) is 19.3 Å². The molecule has 1 saturated heterocycles. The minimum Gasteiger partial charge on any atom is -0.351 e. The first-order chi connectivity index (χ1) is 17.0. The van der Waals surface area contributed by atoms with Crippen molar-refractivity contribution in [3.63, 3.8) is 0 Å². The highest BCUT2D eigenvalue weighted by Crippen LogP contribution is 2.25. The van der Waals surface area contributed by atoms with Crippen molar-refractivity contribution in [3.05, 3.63) is 93.4 Å². The molecule has 35 heavy (non-hydrogen) atoms. The molecule has 8 heteroatoms. The summed E-state index contributed by atoms with van der Waals surface area (Å²) < 4.78 is 1.68. The highest BCUT2D eigenvalue weighted by Gasteiger charge is 2.29. The largest absolute Gasteiger partial charge is 0.351 e. The predicted octanol–water partition coefficient (Wildman–Crippen LogP) is 4.66. The highest BCUT2D eigenvalue weighted by atomic mass is 35.5. The fourth-order valence-corrected chi connectivity index (χ4v) is 4.66. The van der Waals surface area contributed by atoms with Gasteiger partial charge in [-0.2, -0.15) is 0 Å². The van der Waals surface area contributed by atoms with E-state index >= 15 is 0 Å². The Balaban J connectivity index is 1.45. The topological polar surface area (TPSA) is 80.1 Å². The van der Waals surface area contributed by atoms with Crippen LogP contribution in [0, 0.1) is 12.8 Å². The third kappa shape index (κ3) is 4.91. The van der Waals surface area contributed by atoms with Gasteiger partial charge in [0.05, 0.1) is 23.2 Å². The van der Waals surface area contributed by atoms with E-state index in [1.807, 2.05) is 60.4 Å². The Morgan fingerprint density at radius 1 is 1.11 bits per heavy atom. The number of halogens is 1. The summed E-state index contributed by atoms with van der Waals surface area (Å²) in [7, 11) is 0. The molecule has 0 spiro atoms. The first-order valence-electron chi connectivity index (χ1n) is 11.7. The van der Waals surface area contributed by atoms with Gasteiger partial charge >= 0.3 is 0 Å². The Morgan fingerprint density at radius 3 is 2.71 bits per heavy atom. The maximum Gasteiger partial charge on any atom is 0.295 e. The fourth-order valence-electron chi connectivity index (χ4n) is 4.47. The molecule has 0 bridgehead atoms. The molecule has 7 nitrogen and oxygen atoms in total. The molecule has 1 aliphatic heterocycles. The second-order valence-corrected chi connectivity index (χ2v) is 9.32. The van der Waals surface area contributed by atoms with E-state index in [2.05, 4.69) is 15.3 Å². The van der Waals surface area contributed by atoms with E-state index in [0.717, 1.165) is 24.0 Å². The molecular weight excluding hydrogens is 462 g/mol. The van der Waals surface area contributed by atoms with Crippen LogP contribution in [-0.2, 0) is 11.3 Å². The number of nitrogens with one attached hydrogen (secondary N) is 1. The number of nitrogens with zero attached hydrogens (tertiary/aromatic N) is 4. The molecule has 0 unspecified atom stereocenters. The van der Waals surface area contributed by atoms with Crippen LogP contribution in [-0.4, -0.2) is 33.5 Å². The van der Waals surface area contributed by atoms with Crippen molar-refractivity contribution >= 4 is 40.2 Å². The fraction of sp³-hybridized carbons (Fsp3) is 0.259. The maximum atomic E-state index is 13.7. The van der Waals surface area contributed by atoms with E-state index in [4.69, 9.17) is 11.6 Å². The Hall–Kier alpha value is -3.71. The van der Waals surface area contributed by atoms with Gasteiger partial charge in [-0.3, -0.25) is 14.2 Å². The molecule has 178 valence electrons. The first-order valence-corrected chi connectivity index (χ1v) is 12.1. The quantitative estimate of drug-likeness (QED) is 0.443. The van der Waals surface area contributed by atoms with E-state index in [1.165, 1.54) is 0 Å². The first kappa shape index (κ1) is 23.1. The lowest BCUT2D eigenvalue weighted by Crippen LogP contribution is -2.44. The Kier molecular flexibility index (Phi) is 6.51. The minimum atomic E-state index is -0.281. The summed E-state index contributed by atoms with van der Waals surface area (Å²) in [5.74, 6) is -0.0329. The smallest absolute Gasteiger partial charge is 0.295 e. The highest BCUT2D eigenvalue weighted by molar-refractivity contribution is 6.33. The number of benzene rings is 2. The van der Waals surface area contributed by atoms with Crippen molar-refractivity contribution in [2.45, 2.75) is 26.3 Å². The zero-order chi connectivity index (χ0) is 24.4. The Labute approximate surface area is 208 Å². The lowest BCUT2D eigenvalue weighted by atomic mass is 9.97. The molecule has 1 atom stereocenters. The second-order valence-electron chi connectivity index (χ2n) is 8.91. The number of aromatic nitrogens is 3. The van der Waals surface area contributed by atoms with Gasteiger partial charge in [0.1, 0.15) is 5.52 Å². The van der Waals surface area contributed by atoms with Crippen LogP contribution in [0.25, 0.3) is 11.2 Å². The molecule has 2 aromatic heterocycles.